The van der Waals surface area contributed by atoms with Crippen LogP contribution < -0.4 is 5.73 Å². The molecule has 0 radical (unpaired) electrons. The molecule has 1 saturated carbocycles. The SMILES string of the molecule is CCC(CC(=N)N)SC1CCCC1. The molecule has 0 bridgehead atoms. The van der Waals surface area contributed by atoms with E-state index in [2.05, 4.69) is 18.7 Å². The second kappa shape index (κ2) is 5.53. The second-order valence-corrected chi connectivity index (χ2v) is 5.41. The number of thioether (sulfide) groups is 1. The quantitative estimate of drug-likeness (QED) is 0.529. The van der Waals surface area contributed by atoms with Crippen LogP contribution in [0.25, 0.3) is 0 Å². The zero-order chi connectivity index (χ0) is 9.68. The van der Waals surface area contributed by atoms with E-state index >= 15 is 0 Å². The lowest BCUT2D eigenvalue weighted by Crippen LogP contribution is -2.18. The molecule has 1 rings (SSSR count). The topological polar surface area (TPSA) is 49.9 Å². The molecule has 1 aliphatic rings. The van der Waals surface area contributed by atoms with Crippen LogP contribution in [0.1, 0.15) is 45.4 Å². The van der Waals surface area contributed by atoms with E-state index in [-0.39, 0.29) is 0 Å². The van der Waals surface area contributed by atoms with Crippen LogP contribution in [0.2, 0.25) is 0 Å². The number of hydrogen-bond acceptors (Lipinski definition) is 2. The molecule has 0 aromatic rings. The van der Waals surface area contributed by atoms with Crippen LogP contribution in [0.4, 0.5) is 0 Å². The van der Waals surface area contributed by atoms with Crippen LogP contribution in [0.15, 0.2) is 0 Å². The van der Waals surface area contributed by atoms with E-state index in [1.54, 1.807) is 0 Å². The zero-order valence-electron chi connectivity index (χ0n) is 8.38. The van der Waals surface area contributed by atoms with Crippen molar-refractivity contribution < 1.29 is 0 Å². The molecule has 0 saturated heterocycles. The minimum absolute atomic E-state index is 0.345. The highest BCUT2D eigenvalue weighted by molar-refractivity contribution is 8.00. The first-order chi connectivity index (χ1) is 6.22. The average Bonchev–Trinajstić information content (AvgIpc) is 2.55. The van der Waals surface area contributed by atoms with Crippen molar-refractivity contribution >= 4 is 17.6 Å². The fraction of sp³-hybridized carbons (Fsp3) is 0.900. The first-order valence-electron chi connectivity index (χ1n) is 5.20. The van der Waals surface area contributed by atoms with Gasteiger partial charge in [-0.25, -0.2) is 0 Å². The summed E-state index contributed by atoms with van der Waals surface area (Å²) >= 11 is 2.06. The van der Waals surface area contributed by atoms with Crippen LogP contribution in [-0.4, -0.2) is 16.3 Å². The van der Waals surface area contributed by atoms with Gasteiger partial charge in [-0.15, -0.1) is 0 Å². The van der Waals surface area contributed by atoms with Gasteiger partial charge in [-0.1, -0.05) is 19.8 Å². The van der Waals surface area contributed by atoms with E-state index in [0.717, 1.165) is 18.1 Å². The van der Waals surface area contributed by atoms with Crippen LogP contribution in [0.5, 0.6) is 0 Å². The largest absolute Gasteiger partial charge is 0.388 e. The standard InChI is InChI=1S/C10H20N2S/c1-2-8(7-10(11)12)13-9-5-3-4-6-9/h8-9H,2-7H2,1H3,(H3,11,12). The third-order valence-electron chi connectivity index (χ3n) is 2.59. The van der Waals surface area contributed by atoms with E-state index in [1.165, 1.54) is 25.7 Å². The van der Waals surface area contributed by atoms with Gasteiger partial charge in [0, 0.05) is 16.9 Å². The highest BCUT2D eigenvalue weighted by Gasteiger charge is 2.19. The monoisotopic (exact) mass is 200 g/mol. The third kappa shape index (κ3) is 4.03. The van der Waals surface area contributed by atoms with E-state index in [9.17, 15) is 0 Å². The lowest BCUT2D eigenvalue weighted by atomic mass is 10.2. The Kier molecular flexibility index (Phi) is 4.64. The molecule has 3 heteroatoms. The summed E-state index contributed by atoms with van der Waals surface area (Å²) in [6, 6.07) is 0. The van der Waals surface area contributed by atoms with Crippen molar-refractivity contribution in [2.24, 2.45) is 5.73 Å². The van der Waals surface area contributed by atoms with Gasteiger partial charge in [0.05, 0.1) is 5.84 Å². The van der Waals surface area contributed by atoms with Gasteiger partial charge in [-0.2, -0.15) is 11.8 Å². The second-order valence-electron chi connectivity index (χ2n) is 3.80. The fourth-order valence-corrected chi connectivity index (χ4v) is 3.45. The van der Waals surface area contributed by atoms with Crippen molar-refractivity contribution in [3.63, 3.8) is 0 Å². The van der Waals surface area contributed by atoms with Gasteiger partial charge in [-0.3, -0.25) is 5.41 Å². The Balaban J connectivity index is 2.25. The summed E-state index contributed by atoms with van der Waals surface area (Å²) in [5.74, 6) is 0.345. The molecule has 1 atom stereocenters. The van der Waals surface area contributed by atoms with Crippen molar-refractivity contribution in [2.75, 3.05) is 0 Å². The fourth-order valence-electron chi connectivity index (χ4n) is 1.83. The lowest BCUT2D eigenvalue weighted by molar-refractivity contribution is 0.823. The highest BCUT2D eigenvalue weighted by atomic mass is 32.2. The Hall–Kier alpha value is -0.180. The van der Waals surface area contributed by atoms with Gasteiger partial charge in [0.1, 0.15) is 0 Å². The first-order valence-corrected chi connectivity index (χ1v) is 6.15. The summed E-state index contributed by atoms with van der Waals surface area (Å²) in [7, 11) is 0. The molecule has 0 aliphatic heterocycles. The minimum atomic E-state index is 0.345. The molecular weight excluding hydrogens is 180 g/mol. The molecule has 0 amide bonds. The Morgan fingerprint density at radius 2 is 2.15 bits per heavy atom. The molecule has 2 nitrogen and oxygen atoms in total. The summed E-state index contributed by atoms with van der Waals surface area (Å²) in [6.45, 7) is 2.19. The van der Waals surface area contributed by atoms with Crippen LogP contribution >= 0.6 is 11.8 Å². The summed E-state index contributed by atoms with van der Waals surface area (Å²) in [5, 5.41) is 8.70. The Morgan fingerprint density at radius 1 is 1.54 bits per heavy atom. The van der Waals surface area contributed by atoms with Gasteiger partial charge in [0.15, 0.2) is 0 Å². The Morgan fingerprint density at radius 3 is 2.62 bits per heavy atom. The first kappa shape index (κ1) is 10.9. The molecule has 0 heterocycles. The van der Waals surface area contributed by atoms with Crippen molar-refractivity contribution in [1.82, 2.24) is 0 Å². The van der Waals surface area contributed by atoms with Crippen LogP contribution in [0, 0.1) is 5.41 Å². The molecule has 0 aromatic carbocycles. The van der Waals surface area contributed by atoms with E-state index in [1.807, 2.05) is 0 Å². The smallest absolute Gasteiger partial charge is 0.0916 e. The predicted octanol–water partition coefficient (Wildman–Crippen LogP) is 2.77. The molecule has 1 fully saturated rings. The molecule has 3 N–H and O–H groups in total. The third-order valence-corrected chi connectivity index (χ3v) is 4.33. The van der Waals surface area contributed by atoms with Gasteiger partial charge < -0.3 is 5.73 Å². The lowest BCUT2D eigenvalue weighted by Gasteiger charge is -2.17. The summed E-state index contributed by atoms with van der Waals surface area (Å²) in [6.07, 6.45) is 7.46. The van der Waals surface area contributed by atoms with Crippen molar-refractivity contribution in [3.8, 4) is 0 Å². The van der Waals surface area contributed by atoms with Crippen molar-refractivity contribution in [1.29, 1.82) is 5.41 Å². The summed E-state index contributed by atoms with van der Waals surface area (Å²) in [5.41, 5.74) is 5.41. The molecular formula is C10H20N2S. The number of nitrogens with two attached hydrogens (primary N) is 1. The van der Waals surface area contributed by atoms with Gasteiger partial charge in [-0.05, 0) is 19.3 Å². The molecule has 13 heavy (non-hydrogen) atoms. The van der Waals surface area contributed by atoms with Crippen LogP contribution in [0.3, 0.4) is 0 Å². The Labute approximate surface area is 85.2 Å². The molecule has 1 unspecified atom stereocenters. The predicted molar refractivity (Wildman–Crippen MR) is 60.5 cm³/mol. The maximum Gasteiger partial charge on any atom is 0.0916 e. The number of nitrogens with one attached hydrogen (secondary N) is 1. The maximum absolute atomic E-state index is 7.27. The van der Waals surface area contributed by atoms with Gasteiger partial charge in [0.2, 0.25) is 0 Å². The zero-order valence-corrected chi connectivity index (χ0v) is 9.20. The average molecular weight is 200 g/mol. The minimum Gasteiger partial charge on any atom is -0.388 e. The summed E-state index contributed by atoms with van der Waals surface area (Å²) < 4.78 is 0. The van der Waals surface area contributed by atoms with Crippen LogP contribution in [-0.2, 0) is 0 Å². The van der Waals surface area contributed by atoms with Gasteiger partial charge in [0.25, 0.3) is 0 Å². The maximum atomic E-state index is 7.27. The van der Waals surface area contributed by atoms with E-state index < -0.39 is 0 Å². The summed E-state index contributed by atoms with van der Waals surface area (Å²) in [4.78, 5) is 0. The highest BCUT2D eigenvalue weighted by Crippen LogP contribution is 2.34. The Bertz CT molecular complexity index is 164. The van der Waals surface area contributed by atoms with Crippen molar-refractivity contribution in [3.05, 3.63) is 0 Å². The van der Waals surface area contributed by atoms with Crippen molar-refractivity contribution in [2.45, 2.75) is 55.9 Å². The molecule has 0 spiro atoms. The van der Waals surface area contributed by atoms with E-state index in [4.69, 9.17) is 11.1 Å². The molecule has 0 aromatic heterocycles. The molecule has 76 valence electrons. The number of rotatable bonds is 5. The number of amidine groups is 1. The molecule has 1 aliphatic carbocycles. The van der Waals surface area contributed by atoms with Gasteiger partial charge >= 0.3 is 0 Å². The normalized spacial score (nSPS) is 20.4. The van der Waals surface area contributed by atoms with E-state index in [0.29, 0.717) is 11.1 Å². The number of hydrogen-bond donors (Lipinski definition) is 2.